The Hall–Kier alpha value is -1.38. The van der Waals surface area contributed by atoms with Gasteiger partial charge in [0.15, 0.2) is 12.1 Å². The molecule has 0 aromatic rings. The molecular formula is C19H26O6. The molecule has 6 nitrogen and oxygen atoms in total. The fourth-order valence-electron chi connectivity index (χ4n) is 2.60. The molecule has 0 aliphatic carbocycles. The van der Waals surface area contributed by atoms with Crippen LogP contribution in [-0.4, -0.2) is 59.9 Å². The fraction of sp³-hybridized carbons (Fsp3) is 0.684. The van der Waals surface area contributed by atoms with Crippen molar-refractivity contribution in [2.24, 2.45) is 0 Å². The number of aliphatic hydroxyl groups excluding tert-OH is 2. The van der Waals surface area contributed by atoms with Crippen LogP contribution in [-0.2, 0) is 18.9 Å². The SMILES string of the molecule is C/C=C\C#CC#CCCCO[C@H]1O[C@@H]2COC(C)(C)O[C@@H]2[C@H](O)[C@@H]1O. The topological polar surface area (TPSA) is 77.4 Å². The Kier molecular flexibility index (Phi) is 7.46. The largest absolute Gasteiger partial charge is 0.387 e. The van der Waals surface area contributed by atoms with Gasteiger partial charge in [-0.15, -0.1) is 0 Å². The number of allylic oxidation sites excluding steroid dienone is 2. The van der Waals surface area contributed by atoms with Crippen molar-refractivity contribution in [3.63, 3.8) is 0 Å². The van der Waals surface area contributed by atoms with E-state index in [0.717, 1.165) is 0 Å². The highest BCUT2D eigenvalue weighted by atomic mass is 16.8. The quantitative estimate of drug-likeness (QED) is 0.581. The summed E-state index contributed by atoms with van der Waals surface area (Å²) in [5.74, 6) is 10.4. The van der Waals surface area contributed by atoms with E-state index >= 15 is 0 Å². The number of hydrogen-bond acceptors (Lipinski definition) is 6. The zero-order valence-electron chi connectivity index (χ0n) is 14.9. The van der Waals surface area contributed by atoms with Crippen molar-refractivity contribution in [2.45, 2.75) is 70.1 Å². The summed E-state index contributed by atoms with van der Waals surface area (Å²) in [7, 11) is 0. The van der Waals surface area contributed by atoms with Crippen LogP contribution in [0.25, 0.3) is 0 Å². The number of rotatable bonds is 4. The molecule has 2 heterocycles. The highest BCUT2D eigenvalue weighted by molar-refractivity contribution is 5.30. The predicted molar refractivity (Wildman–Crippen MR) is 91.1 cm³/mol. The van der Waals surface area contributed by atoms with Crippen LogP contribution in [0.3, 0.4) is 0 Å². The van der Waals surface area contributed by atoms with Gasteiger partial charge in [-0.2, -0.15) is 0 Å². The Morgan fingerprint density at radius 3 is 2.80 bits per heavy atom. The Morgan fingerprint density at radius 2 is 2.04 bits per heavy atom. The predicted octanol–water partition coefficient (Wildman–Crippen LogP) is 0.964. The molecule has 0 amide bonds. The molecule has 0 aromatic heterocycles. The summed E-state index contributed by atoms with van der Waals surface area (Å²) in [4.78, 5) is 0. The van der Waals surface area contributed by atoms with Crippen LogP contribution < -0.4 is 0 Å². The first-order valence-corrected chi connectivity index (χ1v) is 8.49. The van der Waals surface area contributed by atoms with Crippen molar-refractivity contribution in [3.05, 3.63) is 12.2 Å². The second kappa shape index (κ2) is 9.35. The summed E-state index contributed by atoms with van der Waals surface area (Å²) in [6.45, 7) is 6.05. The normalized spacial score (nSPS) is 33.7. The Bertz CT molecular complexity index is 574. The van der Waals surface area contributed by atoms with Crippen molar-refractivity contribution in [3.8, 4) is 23.7 Å². The van der Waals surface area contributed by atoms with Crippen LogP contribution in [0.5, 0.6) is 0 Å². The smallest absolute Gasteiger partial charge is 0.186 e. The number of aliphatic hydroxyl groups is 2. The average Bonchev–Trinajstić information content (AvgIpc) is 2.58. The summed E-state index contributed by atoms with van der Waals surface area (Å²) in [6.07, 6.45) is 0.599. The van der Waals surface area contributed by atoms with Gasteiger partial charge in [-0.05, 0) is 45.1 Å². The molecule has 138 valence electrons. The lowest BCUT2D eigenvalue weighted by Crippen LogP contribution is -2.64. The number of hydrogen-bond donors (Lipinski definition) is 2. The van der Waals surface area contributed by atoms with Gasteiger partial charge in [0, 0.05) is 6.42 Å². The van der Waals surface area contributed by atoms with E-state index in [9.17, 15) is 10.2 Å². The van der Waals surface area contributed by atoms with Crippen LogP contribution in [0.2, 0.25) is 0 Å². The van der Waals surface area contributed by atoms with Gasteiger partial charge in [-0.3, -0.25) is 0 Å². The maximum absolute atomic E-state index is 10.3. The van der Waals surface area contributed by atoms with Crippen molar-refractivity contribution < 1.29 is 29.2 Å². The van der Waals surface area contributed by atoms with E-state index in [1.165, 1.54) is 0 Å². The second-order valence-electron chi connectivity index (χ2n) is 6.36. The number of fused-ring (bicyclic) bond motifs is 1. The van der Waals surface area contributed by atoms with Crippen molar-refractivity contribution in [1.29, 1.82) is 0 Å². The maximum atomic E-state index is 10.3. The average molecular weight is 350 g/mol. The van der Waals surface area contributed by atoms with Crippen LogP contribution in [0.4, 0.5) is 0 Å². The van der Waals surface area contributed by atoms with Gasteiger partial charge in [-0.25, -0.2) is 0 Å². The standard InChI is InChI=1S/C19H26O6/c1-4-5-6-7-8-9-10-11-12-22-18-16(21)15(20)17-14(24-18)13-23-19(2,3)25-17/h4-5,14-18,20-21H,10-13H2,1-3H3/b5-4-/t14-,15-,16+,17+,18+/m1/s1. The minimum atomic E-state index is -1.17. The molecule has 2 fully saturated rings. The van der Waals surface area contributed by atoms with Gasteiger partial charge in [0.2, 0.25) is 0 Å². The molecule has 0 radical (unpaired) electrons. The second-order valence-corrected chi connectivity index (χ2v) is 6.36. The zero-order valence-corrected chi connectivity index (χ0v) is 14.9. The van der Waals surface area contributed by atoms with Crippen LogP contribution >= 0.6 is 0 Å². The first-order valence-electron chi connectivity index (χ1n) is 8.49. The van der Waals surface area contributed by atoms with E-state index in [1.54, 1.807) is 19.9 Å². The highest BCUT2D eigenvalue weighted by Gasteiger charge is 2.50. The third-order valence-corrected chi connectivity index (χ3v) is 3.86. The molecule has 0 unspecified atom stereocenters. The molecule has 2 rings (SSSR count). The summed E-state index contributed by atoms with van der Waals surface area (Å²) in [6, 6.07) is 0. The number of ether oxygens (including phenoxy) is 4. The first-order chi connectivity index (χ1) is 11.9. The monoisotopic (exact) mass is 350 g/mol. The highest BCUT2D eigenvalue weighted by Crippen LogP contribution is 2.32. The third kappa shape index (κ3) is 5.83. The molecule has 2 N–H and O–H groups in total. The van der Waals surface area contributed by atoms with E-state index in [2.05, 4.69) is 23.7 Å². The minimum Gasteiger partial charge on any atom is -0.387 e. The van der Waals surface area contributed by atoms with E-state index < -0.39 is 36.5 Å². The molecule has 5 atom stereocenters. The first kappa shape index (κ1) is 19.9. The van der Waals surface area contributed by atoms with Crippen LogP contribution in [0, 0.1) is 23.7 Å². The lowest BCUT2D eigenvalue weighted by molar-refractivity contribution is -0.382. The van der Waals surface area contributed by atoms with Gasteiger partial charge in [0.05, 0.1) is 13.2 Å². The van der Waals surface area contributed by atoms with Crippen LogP contribution in [0.15, 0.2) is 12.2 Å². The summed E-state index contributed by atoms with van der Waals surface area (Å²) in [5.41, 5.74) is 0. The van der Waals surface area contributed by atoms with Gasteiger partial charge < -0.3 is 29.2 Å². The molecular weight excluding hydrogens is 324 g/mol. The van der Waals surface area contributed by atoms with Crippen LogP contribution in [0.1, 0.15) is 33.6 Å². The number of unbranched alkanes of at least 4 members (excludes halogenated alkanes) is 1. The van der Waals surface area contributed by atoms with E-state index in [4.69, 9.17) is 18.9 Å². The molecule has 2 aliphatic heterocycles. The minimum absolute atomic E-state index is 0.275. The van der Waals surface area contributed by atoms with Gasteiger partial charge in [0.1, 0.15) is 24.4 Å². The summed E-state index contributed by atoms with van der Waals surface area (Å²) < 4.78 is 22.4. The molecule has 25 heavy (non-hydrogen) atoms. The lowest BCUT2D eigenvalue weighted by atomic mass is 9.97. The molecule has 0 bridgehead atoms. The Morgan fingerprint density at radius 1 is 1.24 bits per heavy atom. The maximum Gasteiger partial charge on any atom is 0.186 e. The van der Waals surface area contributed by atoms with Gasteiger partial charge in [0.25, 0.3) is 0 Å². The summed E-state index contributed by atoms with van der Waals surface area (Å²) in [5, 5.41) is 20.5. The molecule has 0 aromatic carbocycles. The molecule has 0 spiro atoms. The molecule has 6 heteroatoms. The molecule has 2 saturated heterocycles. The molecule has 0 saturated carbocycles. The van der Waals surface area contributed by atoms with Crippen molar-refractivity contribution in [1.82, 2.24) is 0 Å². The summed E-state index contributed by atoms with van der Waals surface area (Å²) >= 11 is 0. The van der Waals surface area contributed by atoms with Gasteiger partial charge >= 0.3 is 0 Å². The Labute approximate surface area is 149 Å². The molecule has 2 aliphatic rings. The van der Waals surface area contributed by atoms with Crippen molar-refractivity contribution in [2.75, 3.05) is 13.2 Å². The van der Waals surface area contributed by atoms with E-state index in [-0.39, 0.29) is 6.61 Å². The Balaban J connectivity index is 1.75. The van der Waals surface area contributed by atoms with Crippen molar-refractivity contribution >= 4 is 0 Å². The van der Waals surface area contributed by atoms with Gasteiger partial charge in [-0.1, -0.05) is 17.9 Å². The van der Waals surface area contributed by atoms with E-state index in [0.29, 0.717) is 19.4 Å². The fourth-order valence-corrected chi connectivity index (χ4v) is 2.60. The third-order valence-electron chi connectivity index (χ3n) is 3.86. The lowest BCUT2D eigenvalue weighted by Gasteiger charge is -2.48. The van der Waals surface area contributed by atoms with E-state index in [1.807, 2.05) is 13.0 Å². The zero-order chi connectivity index (χ0) is 18.3.